The number of aromatic amines is 1. The number of aromatic nitrogens is 1. The van der Waals surface area contributed by atoms with Crippen molar-refractivity contribution in [3.8, 4) is 5.88 Å². The van der Waals surface area contributed by atoms with Crippen molar-refractivity contribution in [2.75, 3.05) is 20.3 Å². The molecule has 2 aromatic carbocycles. The second-order valence-electron chi connectivity index (χ2n) is 6.14. The van der Waals surface area contributed by atoms with Crippen LogP contribution in [0.15, 0.2) is 52.6 Å². The van der Waals surface area contributed by atoms with Crippen LogP contribution in [0.25, 0.3) is 10.9 Å². The van der Waals surface area contributed by atoms with Crippen LogP contribution in [0.1, 0.15) is 21.5 Å². The monoisotopic (exact) mass is 378 g/mol. The first-order chi connectivity index (χ1) is 13.6. The van der Waals surface area contributed by atoms with Crippen molar-refractivity contribution in [2.24, 2.45) is 15.9 Å². The van der Waals surface area contributed by atoms with Crippen molar-refractivity contribution in [1.82, 2.24) is 4.98 Å². The number of nitrogens with two attached hydrogens (primary N) is 1. The Morgan fingerprint density at radius 1 is 1.29 bits per heavy atom. The molecular weight excluding hydrogens is 360 g/mol. The quantitative estimate of drug-likeness (QED) is 0.358. The van der Waals surface area contributed by atoms with Crippen molar-refractivity contribution in [3.05, 3.63) is 59.2 Å². The van der Waals surface area contributed by atoms with Gasteiger partial charge in [0.2, 0.25) is 0 Å². The van der Waals surface area contributed by atoms with Gasteiger partial charge in [-0.2, -0.15) is 0 Å². The summed E-state index contributed by atoms with van der Waals surface area (Å²) in [6.07, 6.45) is 0. The molecule has 3 aromatic rings. The highest BCUT2D eigenvalue weighted by Gasteiger charge is 2.29. The molecule has 4 N–H and O–H groups in total. The van der Waals surface area contributed by atoms with Gasteiger partial charge in [-0.15, -0.1) is 0 Å². The van der Waals surface area contributed by atoms with Gasteiger partial charge in [0, 0.05) is 23.0 Å². The van der Waals surface area contributed by atoms with E-state index in [1.165, 1.54) is 7.11 Å². The molecule has 1 aromatic heterocycles. The van der Waals surface area contributed by atoms with Crippen LogP contribution in [0.5, 0.6) is 5.88 Å². The summed E-state index contributed by atoms with van der Waals surface area (Å²) in [5.74, 6) is -0.541. The molecule has 0 spiro atoms. The number of aliphatic imine (C=N–C) groups is 1. The van der Waals surface area contributed by atoms with E-state index in [9.17, 15) is 9.90 Å². The van der Waals surface area contributed by atoms with E-state index in [1.807, 2.05) is 24.3 Å². The molecule has 0 atom stereocenters. The van der Waals surface area contributed by atoms with Crippen molar-refractivity contribution in [2.45, 2.75) is 0 Å². The normalized spacial score (nSPS) is 14.2. The molecule has 0 bridgehead atoms. The number of para-hydroxylation sites is 1. The highest BCUT2D eigenvalue weighted by atomic mass is 16.6. The van der Waals surface area contributed by atoms with Gasteiger partial charge in [-0.1, -0.05) is 23.4 Å². The Morgan fingerprint density at radius 2 is 2.11 bits per heavy atom. The van der Waals surface area contributed by atoms with E-state index in [4.69, 9.17) is 15.3 Å². The highest BCUT2D eigenvalue weighted by molar-refractivity contribution is 6.58. The molecule has 0 radical (unpaired) electrons. The van der Waals surface area contributed by atoms with E-state index in [2.05, 4.69) is 15.1 Å². The maximum Gasteiger partial charge on any atom is 0.337 e. The number of hydrogen-bond donors (Lipinski definition) is 3. The predicted octanol–water partition coefficient (Wildman–Crippen LogP) is 2.47. The topological polar surface area (TPSA) is 122 Å². The van der Waals surface area contributed by atoms with E-state index in [-0.39, 0.29) is 12.5 Å². The molecule has 0 amide bonds. The van der Waals surface area contributed by atoms with Crippen LogP contribution >= 0.6 is 0 Å². The number of oxime groups is 1. The first kappa shape index (κ1) is 17.7. The Bertz CT molecular complexity index is 1130. The lowest BCUT2D eigenvalue weighted by Gasteiger charge is -2.05. The minimum absolute atomic E-state index is 0.0740. The molecule has 28 heavy (non-hydrogen) atoms. The van der Waals surface area contributed by atoms with E-state index < -0.39 is 5.97 Å². The summed E-state index contributed by atoms with van der Waals surface area (Å²) in [5, 5.41) is 15.4. The maximum atomic E-state index is 11.9. The van der Waals surface area contributed by atoms with Crippen LogP contribution in [0.2, 0.25) is 0 Å². The van der Waals surface area contributed by atoms with E-state index in [0.717, 1.165) is 5.56 Å². The third-order valence-corrected chi connectivity index (χ3v) is 4.42. The van der Waals surface area contributed by atoms with Crippen molar-refractivity contribution >= 4 is 34.0 Å². The number of aromatic hydroxyl groups is 1. The van der Waals surface area contributed by atoms with E-state index in [1.54, 1.807) is 18.2 Å². The van der Waals surface area contributed by atoms with Crippen LogP contribution < -0.4 is 5.73 Å². The lowest BCUT2D eigenvalue weighted by molar-refractivity contribution is 0.0601. The second-order valence-corrected chi connectivity index (χ2v) is 6.14. The minimum atomic E-state index is -0.467. The van der Waals surface area contributed by atoms with Gasteiger partial charge in [-0.3, -0.25) is 0 Å². The zero-order valence-electron chi connectivity index (χ0n) is 15.1. The molecule has 8 heteroatoms. The number of rotatable bonds is 5. The van der Waals surface area contributed by atoms with Crippen LogP contribution in [0, 0.1) is 0 Å². The minimum Gasteiger partial charge on any atom is -0.494 e. The van der Waals surface area contributed by atoms with Crippen LogP contribution in [0.3, 0.4) is 0 Å². The largest absolute Gasteiger partial charge is 0.494 e. The predicted molar refractivity (Wildman–Crippen MR) is 105 cm³/mol. The zero-order valence-corrected chi connectivity index (χ0v) is 15.1. The van der Waals surface area contributed by atoms with Crippen LogP contribution in [-0.2, 0) is 9.57 Å². The zero-order chi connectivity index (χ0) is 19.7. The summed E-state index contributed by atoms with van der Waals surface area (Å²) < 4.78 is 4.80. The fourth-order valence-corrected chi connectivity index (χ4v) is 3.16. The number of nitrogens with one attached hydrogen (secondary N) is 1. The molecule has 0 fully saturated rings. The Hall–Kier alpha value is -3.65. The summed E-state index contributed by atoms with van der Waals surface area (Å²) >= 11 is 0. The lowest BCUT2D eigenvalue weighted by atomic mass is 10.00. The maximum absolute atomic E-state index is 11.9. The Kier molecular flexibility index (Phi) is 4.54. The summed E-state index contributed by atoms with van der Waals surface area (Å²) in [4.78, 5) is 24.8. The summed E-state index contributed by atoms with van der Waals surface area (Å²) in [6, 6.07) is 12.5. The number of nitrogens with zero attached hydrogens (tertiary/aromatic N) is 2. The number of hydrogen-bond acceptors (Lipinski definition) is 7. The molecule has 0 aliphatic carbocycles. The number of carbonyl (C=O) groups is 1. The third-order valence-electron chi connectivity index (χ3n) is 4.42. The molecule has 4 rings (SSSR count). The van der Waals surface area contributed by atoms with E-state index >= 15 is 0 Å². The van der Waals surface area contributed by atoms with Crippen molar-refractivity contribution in [1.29, 1.82) is 0 Å². The van der Waals surface area contributed by atoms with Gasteiger partial charge in [-0.05, 0) is 24.3 Å². The molecule has 2 heterocycles. The van der Waals surface area contributed by atoms with Gasteiger partial charge in [0.05, 0.1) is 23.9 Å². The standard InChI is InChI=1S/C20H18N4O4/c1-27-20(26)11-6-7-15-13(10-11)16(19(25)23-15)18-17(24-28-9-8-21)12-4-2-3-5-14(12)22-18/h2-7,10,23,25H,8-9,21H2,1H3/b24-17+. The number of fused-ring (bicyclic) bond motifs is 2. The molecule has 8 nitrogen and oxygen atoms in total. The first-order valence-corrected chi connectivity index (χ1v) is 8.66. The van der Waals surface area contributed by atoms with Crippen LogP contribution in [-0.4, -0.2) is 47.7 Å². The summed E-state index contributed by atoms with van der Waals surface area (Å²) in [6.45, 7) is 0.580. The SMILES string of the molecule is COC(=O)c1ccc2[nH]c(O)c(C3=Nc4ccccc4/C3=N\OCCN)c2c1. The first-order valence-electron chi connectivity index (χ1n) is 8.66. The molecule has 0 saturated heterocycles. The number of methoxy groups -OCH3 is 1. The lowest BCUT2D eigenvalue weighted by Crippen LogP contribution is -2.15. The molecule has 0 saturated carbocycles. The van der Waals surface area contributed by atoms with E-state index in [0.29, 0.717) is 45.7 Å². The molecular formula is C20H18N4O4. The third kappa shape index (κ3) is 2.89. The number of carbonyl (C=O) groups excluding carboxylic acids is 1. The van der Waals surface area contributed by atoms with Gasteiger partial charge < -0.3 is 25.4 Å². The fraction of sp³-hybridized carbons (Fsp3) is 0.150. The Morgan fingerprint density at radius 3 is 2.89 bits per heavy atom. The van der Waals surface area contributed by atoms with Gasteiger partial charge in [0.1, 0.15) is 18.0 Å². The van der Waals surface area contributed by atoms with Crippen molar-refractivity contribution < 1.29 is 19.5 Å². The molecule has 0 unspecified atom stereocenters. The number of H-pyrrole nitrogens is 1. The van der Waals surface area contributed by atoms with Gasteiger partial charge in [0.15, 0.2) is 5.88 Å². The molecule has 1 aliphatic rings. The fourth-order valence-electron chi connectivity index (χ4n) is 3.16. The van der Waals surface area contributed by atoms with Gasteiger partial charge in [-0.25, -0.2) is 9.79 Å². The molecule has 1 aliphatic heterocycles. The Balaban J connectivity index is 1.89. The van der Waals surface area contributed by atoms with Crippen molar-refractivity contribution in [3.63, 3.8) is 0 Å². The van der Waals surface area contributed by atoms with Gasteiger partial charge in [0.25, 0.3) is 0 Å². The number of esters is 1. The van der Waals surface area contributed by atoms with Gasteiger partial charge >= 0.3 is 5.97 Å². The number of benzene rings is 2. The number of ether oxygens (including phenoxy) is 1. The summed E-state index contributed by atoms with van der Waals surface area (Å²) in [7, 11) is 1.32. The average molecular weight is 378 g/mol. The average Bonchev–Trinajstić information content (AvgIpc) is 3.23. The summed E-state index contributed by atoms with van der Waals surface area (Å²) in [5.41, 5.74) is 9.37. The highest BCUT2D eigenvalue weighted by Crippen LogP contribution is 2.36. The smallest absolute Gasteiger partial charge is 0.337 e. The second kappa shape index (κ2) is 7.16. The Labute approximate surface area is 160 Å². The molecule has 142 valence electrons. The van der Waals surface area contributed by atoms with Crippen LogP contribution in [0.4, 0.5) is 5.69 Å².